The fourth-order valence-corrected chi connectivity index (χ4v) is 2.65. The minimum atomic E-state index is 0.122. The van der Waals surface area contributed by atoms with Crippen LogP contribution in [-0.2, 0) is 17.8 Å². The van der Waals surface area contributed by atoms with Gasteiger partial charge in [0.15, 0.2) is 0 Å². The molecule has 0 aromatic heterocycles. The molecule has 4 heteroatoms. The molecule has 1 heterocycles. The van der Waals surface area contributed by atoms with E-state index in [1.807, 2.05) is 6.07 Å². The fourth-order valence-electron chi connectivity index (χ4n) is 2.65. The first-order valence-corrected chi connectivity index (χ1v) is 7.03. The predicted molar refractivity (Wildman–Crippen MR) is 75.8 cm³/mol. The van der Waals surface area contributed by atoms with Gasteiger partial charge in [-0.3, -0.25) is 4.79 Å². The van der Waals surface area contributed by atoms with Gasteiger partial charge in [-0.2, -0.15) is 0 Å². The maximum Gasteiger partial charge on any atom is 0.224 e. The Morgan fingerprint density at radius 3 is 2.89 bits per heavy atom. The van der Waals surface area contributed by atoms with Gasteiger partial charge < -0.3 is 16.4 Å². The smallest absolute Gasteiger partial charge is 0.224 e. The van der Waals surface area contributed by atoms with Gasteiger partial charge in [-0.05, 0) is 48.4 Å². The molecule has 1 saturated carbocycles. The zero-order valence-corrected chi connectivity index (χ0v) is 11.2. The Balaban J connectivity index is 1.58. The second kappa shape index (κ2) is 4.94. The highest BCUT2D eigenvalue weighted by atomic mass is 16.1. The fraction of sp³-hybridized carbons (Fsp3) is 0.533. The van der Waals surface area contributed by atoms with Crippen molar-refractivity contribution in [3.05, 3.63) is 29.3 Å². The maximum atomic E-state index is 11.3. The van der Waals surface area contributed by atoms with Gasteiger partial charge in [-0.1, -0.05) is 12.1 Å². The number of nitrogens with two attached hydrogens (primary N) is 1. The lowest BCUT2D eigenvalue weighted by molar-refractivity contribution is -0.116. The molecule has 4 nitrogen and oxygen atoms in total. The Labute approximate surface area is 113 Å². The van der Waals surface area contributed by atoms with E-state index in [1.165, 1.54) is 24.0 Å². The zero-order chi connectivity index (χ0) is 13.3. The summed E-state index contributed by atoms with van der Waals surface area (Å²) in [4.78, 5) is 11.3. The van der Waals surface area contributed by atoms with Crippen LogP contribution in [0.25, 0.3) is 0 Å². The van der Waals surface area contributed by atoms with Gasteiger partial charge in [0.2, 0.25) is 5.91 Å². The lowest BCUT2D eigenvalue weighted by Crippen LogP contribution is -2.29. The molecule has 0 spiro atoms. The standard InChI is InChI=1S/C15H21N3O/c16-9-15(5-6-15)10-17-8-11-1-3-13-12(7-11)2-4-14(19)18-13/h1,3,7,17H,2,4-6,8-10,16H2,(H,18,19). The second-order valence-corrected chi connectivity index (χ2v) is 5.85. The average Bonchev–Trinajstić information content (AvgIpc) is 3.19. The molecule has 1 aliphatic carbocycles. The van der Waals surface area contributed by atoms with Gasteiger partial charge in [0.1, 0.15) is 0 Å². The van der Waals surface area contributed by atoms with Crippen LogP contribution in [0.3, 0.4) is 0 Å². The molecule has 0 unspecified atom stereocenters. The quantitative estimate of drug-likeness (QED) is 0.749. The van der Waals surface area contributed by atoms with Gasteiger partial charge in [-0.15, -0.1) is 0 Å². The lowest BCUT2D eigenvalue weighted by atomic mass is 10.0. The van der Waals surface area contributed by atoms with Crippen LogP contribution in [-0.4, -0.2) is 19.0 Å². The van der Waals surface area contributed by atoms with E-state index in [1.54, 1.807) is 0 Å². The van der Waals surface area contributed by atoms with Crippen molar-refractivity contribution in [2.24, 2.45) is 11.1 Å². The first-order valence-electron chi connectivity index (χ1n) is 7.03. The average molecular weight is 259 g/mol. The number of anilines is 1. The Bertz CT molecular complexity index is 494. The number of hydrogen-bond donors (Lipinski definition) is 3. The normalized spacial score (nSPS) is 19.7. The lowest BCUT2D eigenvalue weighted by Gasteiger charge is -2.18. The molecular formula is C15H21N3O. The Morgan fingerprint density at radius 2 is 2.16 bits per heavy atom. The highest BCUT2D eigenvalue weighted by Crippen LogP contribution is 2.43. The summed E-state index contributed by atoms with van der Waals surface area (Å²) in [5, 5.41) is 6.41. The summed E-state index contributed by atoms with van der Waals surface area (Å²) >= 11 is 0. The molecular weight excluding hydrogens is 238 g/mol. The van der Waals surface area contributed by atoms with Crippen molar-refractivity contribution in [3.63, 3.8) is 0 Å². The maximum absolute atomic E-state index is 11.3. The van der Waals surface area contributed by atoms with Crippen molar-refractivity contribution in [2.45, 2.75) is 32.2 Å². The van der Waals surface area contributed by atoms with Crippen LogP contribution in [0.5, 0.6) is 0 Å². The number of aryl methyl sites for hydroxylation is 1. The molecule has 102 valence electrons. The topological polar surface area (TPSA) is 67.1 Å². The second-order valence-electron chi connectivity index (χ2n) is 5.85. The zero-order valence-electron chi connectivity index (χ0n) is 11.2. The molecule has 2 aliphatic rings. The minimum absolute atomic E-state index is 0.122. The number of nitrogens with one attached hydrogen (secondary N) is 2. The summed E-state index contributed by atoms with van der Waals surface area (Å²) in [6.07, 6.45) is 3.96. The summed E-state index contributed by atoms with van der Waals surface area (Å²) < 4.78 is 0. The van der Waals surface area contributed by atoms with Crippen LogP contribution in [0, 0.1) is 5.41 Å². The third-order valence-corrected chi connectivity index (χ3v) is 4.28. The summed E-state index contributed by atoms with van der Waals surface area (Å²) in [6, 6.07) is 6.29. The first kappa shape index (κ1) is 12.6. The molecule has 1 aromatic rings. The third kappa shape index (κ3) is 2.80. The van der Waals surface area contributed by atoms with Crippen molar-refractivity contribution < 1.29 is 4.79 Å². The SMILES string of the molecule is NCC1(CNCc2ccc3c(c2)CCC(=O)N3)CC1. The third-order valence-electron chi connectivity index (χ3n) is 4.28. The molecule has 0 radical (unpaired) electrons. The molecule has 1 amide bonds. The van der Waals surface area contributed by atoms with Crippen LogP contribution in [0.4, 0.5) is 5.69 Å². The molecule has 0 saturated heterocycles. The molecule has 0 bridgehead atoms. The van der Waals surface area contributed by atoms with Crippen molar-refractivity contribution in [3.8, 4) is 0 Å². The van der Waals surface area contributed by atoms with Crippen LogP contribution in [0.1, 0.15) is 30.4 Å². The molecule has 1 fully saturated rings. The van der Waals surface area contributed by atoms with E-state index >= 15 is 0 Å². The van der Waals surface area contributed by atoms with Gasteiger partial charge in [0.05, 0.1) is 0 Å². The van der Waals surface area contributed by atoms with Gasteiger partial charge in [0, 0.05) is 25.2 Å². The molecule has 1 aliphatic heterocycles. The number of amides is 1. The van der Waals surface area contributed by atoms with Gasteiger partial charge in [0.25, 0.3) is 0 Å². The molecule has 1 aromatic carbocycles. The van der Waals surface area contributed by atoms with Crippen LogP contribution < -0.4 is 16.4 Å². The monoisotopic (exact) mass is 259 g/mol. The van der Waals surface area contributed by atoms with Crippen LogP contribution >= 0.6 is 0 Å². The number of benzene rings is 1. The van der Waals surface area contributed by atoms with Crippen LogP contribution in [0.2, 0.25) is 0 Å². The molecule has 3 rings (SSSR count). The number of carbonyl (C=O) groups excluding carboxylic acids is 1. The first-order chi connectivity index (χ1) is 9.21. The summed E-state index contributed by atoms with van der Waals surface area (Å²) in [6.45, 7) is 2.68. The van der Waals surface area contributed by atoms with Crippen molar-refractivity contribution >= 4 is 11.6 Å². The Morgan fingerprint density at radius 1 is 1.32 bits per heavy atom. The highest BCUT2D eigenvalue weighted by Gasteiger charge is 2.40. The van der Waals surface area contributed by atoms with E-state index in [0.717, 1.165) is 31.7 Å². The summed E-state index contributed by atoms with van der Waals surface area (Å²) in [5.41, 5.74) is 9.65. The number of rotatable bonds is 5. The van der Waals surface area contributed by atoms with E-state index in [0.29, 0.717) is 11.8 Å². The Kier molecular flexibility index (Phi) is 3.29. The highest BCUT2D eigenvalue weighted by molar-refractivity contribution is 5.93. The van der Waals surface area contributed by atoms with Gasteiger partial charge in [-0.25, -0.2) is 0 Å². The summed E-state index contributed by atoms with van der Waals surface area (Å²) in [7, 11) is 0. The number of hydrogen-bond acceptors (Lipinski definition) is 3. The van der Waals surface area contributed by atoms with E-state index in [9.17, 15) is 4.79 Å². The van der Waals surface area contributed by atoms with E-state index in [4.69, 9.17) is 5.73 Å². The predicted octanol–water partition coefficient (Wildman–Crippen LogP) is 1.40. The van der Waals surface area contributed by atoms with E-state index in [2.05, 4.69) is 22.8 Å². The van der Waals surface area contributed by atoms with E-state index in [-0.39, 0.29) is 5.91 Å². The number of fused-ring (bicyclic) bond motifs is 1. The van der Waals surface area contributed by atoms with Crippen LogP contribution in [0.15, 0.2) is 18.2 Å². The Hall–Kier alpha value is -1.39. The molecule has 19 heavy (non-hydrogen) atoms. The van der Waals surface area contributed by atoms with E-state index < -0.39 is 0 Å². The van der Waals surface area contributed by atoms with Crippen molar-refractivity contribution in [1.29, 1.82) is 0 Å². The molecule has 4 N–H and O–H groups in total. The summed E-state index contributed by atoms with van der Waals surface area (Å²) in [5.74, 6) is 0.122. The van der Waals surface area contributed by atoms with Crippen molar-refractivity contribution in [1.82, 2.24) is 5.32 Å². The van der Waals surface area contributed by atoms with Crippen molar-refractivity contribution in [2.75, 3.05) is 18.4 Å². The molecule has 0 atom stereocenters. The largest absolute Gasteiger partial charge is 0.330 e. The van der Waals surface area contributed by atoms with Gasteiger partial charge >= 0.3 is 0 Å². The number of carbonyl (C=O) groups is 1. The minimum Gasteiger partial charge on any atom is -0.330 e.